The number of aliphatic hydroxyl groups excluding tert-OH is 1. The summed E-state index contributed by atoms with van der Waals surface area (Å²) in [5.74, 6) is 0. The number of hydrogen-bond acceptors (Lipinski definition) is 3. The van der Waals surface area contributed by atoms with Crippen LogP contribution < -0.4 is 0 Å². The standard InChI is InChI=1S/C15H17ClN2O/c1-10-2-3-11-7-12(15(16)17-14(11)6-10)8-18-5-4-13(19)9-18/h2-3,6-7,13,19H,4-5,8-9H2,1H3/t13-/m0/s1. The van der Waals surface area contributed by atoms with Gasteiger partial charge in [-0.25, -0.2) is 4.98 Å². The third-order valence-corrected chi connectivity index (χ3v) is 3.97. The molecule has 4 heteroatoms. The predicted molar refractivity (Wildman–Crippen MR) is 77.4 cm³/mol. The Hall–Kier alpha value is -1.16. The second-order valence-corrected chi connectivity index (χ2v) is 5.67. The number of hydrogen-bond donors (Lipinski definition) is 1. The van der Waals surface area contributed by atoms with Crippen molar-refractivity contribution in [2.45, 2.75) is 26.0 Å². The molecule has 1 atom stereocenters. The minimum Gasteiger partial charge on any atom is -0.392 e. The Balaban J connectivity index is 1.91. The molecule has 1 aliphatic rings. The lowest BCUT2D eigenvalue weighted by Gasteiger charge is -2.16. The molecule has 3 nitrogen and oxygen atoms in total. The summed E-state index contributed by atoms with van der Waals surface area (Å²) >= 11 is 6.27. The summed E-state index contributed by atoms with van der Waals surface area (Å²) in [6.45, 7) is 4.45. The number of nitrogens with zero attached hydrogens (tertiary/aromatic N) is 2. The molecule has 0 bridgehead atoms. The van der Waals surface area contributed by atoms with Crippen LogP contribution in [-0.2, 0) is 6.54 Å². The van der Waals surface area contributed by atoms with E-state index in [4.69, 9.17) is 11.6 Å². The zero-order valence-electron chi connectivity index (χ0n) is 10.9. The Morgan fingerprint density at radius 1 is 1.42 bits per heavy atom. The molecule has 3 rings (SSSR count). The highest BCUT2D eigenvalue weighted by Crippen LogP contribution is 2.24. The number of pyridine rings is 1. The van der Waals surface area contributed by atoms with Crippen LogP contribution in [0.1, 0.15) is 17.5 Å². The molecule has 1 aromatic heterocycles. The minimum absolute atomic E-state index is 0.199. The van der Waals surface area contributed by atoms with Crippen LogP contribution in [0, 0.1) is 6.92 Å². The molecule has 1 aromatic carbocycles. The molecule has 0 amide bonds. The summed E-state index contributed by atoms with van der Waals surface area (Å²) in [6.07, 6.45) is 0.646. The highest BCUT2D eigenvalue weighted by Gasteiger charge is 2.21. The number of aliphatic hydroxyl groups is 1. The van der Waals surface area contributed by atoms with Gasteiger partial charge in [-0.15, -0.1) is 0 Å². The second kappa shape index (κ2) is 5.08. The molecule has 0 aliphatic carbocycles. The zero-order chi connectivity index (χ0) is 13.4. The molecule has 2 heterocycles. The van der Waals surface area contributed by atoms with Crippen LogP contribution in [0.15, 0.2) is 24.3 Å². The molecule has 1 N–H and O–H groups in total. The van der Waals surface area contributed by atoms with Crippen molar-refractivity contribution in [3.63, 3.8) is 0 Å². The Kier molecular flexibility index (Phi) is 3.44. The SMILES string of the molecule is Cc1ccc2cc(CN3CC[C@H](O)C3)c(Cl)nc2c1. The van der Waals surface area contributed by atoms with Gasteiger partial charge in [0, 0.05) is 30.6 Å². The van der Waals surface area contributed by atoms with Crippen molar-refractivity contribution in [2.24, 2.45) is 0 Å². The van der Waals surface area contributed by atoms with Crippen LogP contribution in [0.2, 0.25) is 5.15 Å². The molecule has 0 unspecified atom stereocenters. The number of aromatic nitrogens is 1. The normalized spacial score (nSPS) is 20.3. The molecule has 19 heavy (non-hydrogen) atoms. The summed E-state index contributed by atoms with van der Waals surface area (Å²) in [4.78, 5) is 6.69. The van der Waals surface area contributed by atoms with Crippen molar-refractivity contribution < 1.29 is 5.11 Å². The van der Waals surface area contributed by atoms with Crippen LogP contribution in [0.4, 0.5) is 0 Å². The summed E-state index contributed by atoms with van der Waals surface area (Å²) in [5.41, 5.74) is 3.16. The van der Waals surface area contributed by atoms with E-state index in [2.05, 4.69) is 35.0 Å². The average Bonchev–Trinajstić information content (AvgIpc) is 2.76. The molecule has 2 aromatic rings. The quantitative estimate of drug-likeness (QED) is 0.857. The van der Waals surface area contributed by atoms with E-state index in [0.29, 0.717) is 5.15 Å². The third kappa shape index (κ3) is 2.73. The maximum Gasteiger partial charge on any atom is 0.134 e. The van der Waals surface area contributed by atoms with Gasteiger partial charge in [-0.05, 0) is 31.0 Å². The van der Waals surface area contributed by atoms with Gasteiger partial charge >= 0.3 is 0 Å². The predicted octanol–water partition coefficient (Wildman–Crippen LogP) is 2.76. The molecule has 1 aliphatic heterocycles. The maximum absolute atomic E-state index is 9.56. The van der Waals surface area contributed by atoms with Crippen molar-refractivity contribution in [1.82, 2.24) is 9.88 Å². The summed E-state index contributed by atoms with van der Waals surface area (Å²) in [7, 11) is 0. The lowest BCUT2D eigenvalue weighted by molar-refractivity contribution is 0.175. The maximum atomic E-state index is 9.56. The average molecular weight is 277 g/mol. The number of fused-ring (bicyclic) bond motifs is 1. The van der Waals surface area contributed by atoms with Crippen molar-refractivity contribution in [1.29, 1.82) is 0 Å². The first kappa shape index (κ1) is 12.9. The van der Waals surface area contributed by atoms with Crippen LogP contribution in [0.5, 0.6) is 0 Å². The molecule has 1 fully saturated rings. The van der Waals surface area contributed by atoms with E-state index in [-0.39, 0.29) is 6.10 Å². The fourth-order valence-corrected chi connectivity index (χ4v) is 2.81. The number of rotatable bonds is 2. The van der Waals surface area contributed by atoms with Crippen molar-refractivity contribution in [3.8, 4) is 0 Å². The fourth-order valence-electron chi connectivity index (χ4n) is 2.61. The van der Waals surface area contributed by atoms with Gasteiger partial charge in [0.25, 0.3) is 0 Å². The van der Waals surface area contributed by atoms with Crippen molar-refractivity contribution in [2.75, 3.05) is 13.1 Å². The van der Waals surface area contributed by atoms with Crippen LogP contribution in [-0.4, -0.2) is 34.2 Å². The molecular weight excluding hydrogens is 260 g/mol. The van der Waals surface area contributed by atoms with Crippen molar-refractivity contribution >= 4 is 22.5 Å². The topological polar surface area (TPSA) is 36.4 Å². The summed E-state index contributed by atoms with van der Waals surface area (Å²) in [6, 6.07) is 8.32. The van der Waals surface area contributed by atoms with Crippen LogP contribution in [0.25, 0.3) is 10.9 Å². The fraction of sp³-hybridized carbons (Fsp3) is 0.400. The van der Waals surface area contributed by atoms with Gasteiger partial charge in [0.15, 0.2) is 0 Å². The Labute approximate surface area is 117 Å². The summed E-state index contributed by atoms with van der Waals surface area (Å²) in [5, 5.41) is 11.2. The molecule has 0 radical (unpaired) electrons. The lowest BCUT2D eigenvalue weighted by Crippen LogP contribution is -2.21. The van der Waals surface area contributed by atoms with Gasteiger partial charge in [0.2, 0.25) is 0 Å². The van der Waals surface area contributed by atoms with Crippen molar-refractivity contribution in [3.05, 3.63) is 40.5 Å². The van der Waals surface area contributed by atoms with Crippen LogP contribution >= 0.6 is 11.6 Å². The van der Waals surface area contributed by atoms with Gasteiger partial charge in [-0.3, -0.25) is 4.90 Å². The number of benzene rings is 1. The van der Waals surface area contributed by atoms with Gasteiger partial charge in [-0.2, -0.15) is 0 Å². The first-order chi connectivity index (χ1) is 9.11. The molecule has 100 valence electrons. The van der Waals surface area contributed by atoms with E-state index >= 15 is 0 Å². The highest BCUT2D eigenvalue weighted by atomic mass is 35.5. The largest absolute Gasteiger partial charge is 0.392 e. The zero-order valence-corrected chi connectivity index (χ0v) is 11.7. The number of halogens is 1. The second-order valence-electron chi connectivity index (χ2n) is 5.31. The number of likely N-dealkylation sites (tertiary alicyclic amines) is 1. The van der Waals surface area contributed by atoms with Gasteiger partial charge in [-0.1, -0.05) is 23.7 Å². The first-order valence-electron chi connectivity index (χ1n) is 6.58. The summed E-state index contributed by atoms with van der Waals surface area (Å²) < 4.78 is 0. The molecular formula is C15H17ClN2O. The molecule has 0 spiro atoms. The van der Waals surface area contributed by atoms with Gasteiger partial charge < -0.3 is 5.11 Å². The first-order valence-corrected chi connectivity index (χ1v) is 6.96. The number of β-amino-alcohol motifs (C(OH)–C–C–N with tert-alkyl or cyclic N) is 1. The molecule has 1 saturated heterocycles. The highest BCUT2D eigenvalue weighted by molar-refractivity contribution is 6.30. The van der Waals surface area contributed by atoms with E-state index in [1.54, 1.807) is 0 Å². The Morgan fingerprint density at radius 3 is 3.00 bits per heavy atom. The van der Waals surface area contributed by atoms with E-state index in [1.165, 1.54) is 5.56 Å². The van der Waals surface area contributed by atoms with Crippen LogP contribution in [0.3, 0.4) is 0 Å². The van der Waals surface area contributed by atoms with E-state index in [9.17, 15) is 5.11 Å². The minimum atomic E-state index is -0.199. The van der Waals surface area contributed by atoms with E-state index in [0.717, 1.165) is 42.5 Å². The monoisotopic (exact) mass is 276 g/mol. The smallest absolute Gasteiger partial charge is 0.134 e. The number of aryl methyl sites for hydroxylation is 1. The molecule has 0 saturated carbocycles. The third-order valence-electron chi connectivity index (χ3n) is 3.64. The van der Waals surface area contributed by atoms with E-state index in [1.807, 2.05) is 6.07 Å². The Morgan fingerprint density at radius 2 is 2.26 bits per heavy atom. The van der Waals surface area contributed by atoms with E-state index < -0.39 is 0 Å². The van der Waals surface area contributed by atoms with Gasteiger partial charge in [0.05, 0.1) is 11.6 Å². The lowest BCUT2D eigenvalue weighted by atomic mass is 10.1. The Bertz CT molecular complexity index is 614. The van der Waals surface area contributed by atoms with Gasteiger partial charge in [0.1, 0.15) is 5.15 Å².